The van der Waals surface area contributed by atoms with Crippen molar-refractivity contribution < 1.29 is 89.4 Å². The van der Waals surface area contributed by atoms with Crippen LogP contribution in [0.3, 0.4) is 0 Å². The molecule has 3 fully saturated rings. The molecule has 3 heterocycles. The topological polar surface area (TPSA) is 307 Å². The number of rotatable bonds is 30. The zero-order valence-electron chi connectivity index (χ0n) is 36.1. The predicted molar refractivity (Wildman–Crippen MR) is 217 cm³/mol. The zero-order valence-corrected chi connectivity index (χ0v) is 36.1. The molecular formula is C42H79NO18. The SMILES string of the molecule is CCCCCCCCCCCCCCCCCCCC(O)C(COC1OC(CO)C(OC2OC(CO)C(OC3OC(CO)C(O)C(O)C3O)C(O)C2O)C(O)C1O)NC(C)=O. The lowest BCUT2D eigenvalue weighted by Crippen LogP contribution is -2.66. The van der Waals surface area contributed by atoms with Gasteiger partial charge in [0.25, 0.3) is 0 Å². The van der Waals surface area contributed by atoms with E-state index in [1.165, 1.54) is 90.4 Å². The number of carbonyl (C=O) groups excluding carboxylic acids is 1. The normalized spacial score (nSPS) is 35.5. The summed E-state index contributed by atoms with van der Waals surface area (Å²) < 4.78 is 33.6. The number of amides is 1. The van der Waals surface area contributed by atoms with Crippen molar-refractivity contribution in [3.8, 4) is 0 Å². The molecule has 0 aliphatic carbocycles. The highest BCUT2D eigenvalue weighted by molar-refractivity contribution is 5.73. The maximum absolute atomic E-state index is 12.0. The first-order chi connectivity index (χ1) is 29.3. The Bertz CT molecular complexity index is 1160. The summed E-state index contributed by atoms with van der Waals surface area (Å²) in [4.78, 5) is 12.0. The number of aliphatic hydroxyl groups excluding tert-OH is 11. The number of hydrogen-bond acceptors (Lipinski definition) is 18. The third-order valence-electron chi connectivity index (χ3n) is 12.0. The number of unbranched alkanes of at least 4 members (excludes halogenated alkanes) is 16. The summed E-state index contributed by atoms with van der Waals surface area (Å²) in [6.45, 7) is 0.820. The summed E-state index contributed by atoms with van der Waals surface area (Å²) in [6.07, 6.45) is -5.16. The van der Waals surface area contributed by atoms with Crippen LogP contribution in [0.15, 0.2) is 0 Å². The van der Waals surface area contributed by atoms with E-state index in [9.17, 15) is 61.0 Å². The van der Waals surface area contributed by atoms with Gasteiger partial charge >= 0.3 is 0 Å². The van der Waals surface area contributed by atoms with Gasteiger partial charge in [0.15, 0.2) is 18.9 Å². The molecule has 0 aromatic heterocycles. The number of ether oxygens (including phenoxy) is 6. The fraction of sp³-hybridized carbons (Fsp3) is 0.976. The van der Waals surface area contributed by atoms with E-state index in [0.717, 1.165) is 25.7 Å². The molecule has 19 heteroatoms. The van der Waals surface area contributed by atoms with Gasteiger partial charge in [-0.3, -0.25) is 4.79 Å². The van der Waals surface area contributed by atoms with Crippen molar-refractivity contribution in [2.24, 2.45) is 0 Å². The Morgan fingerprint density at radius 1 is 0.525 bits per heavy atom. The number of nitrogens with one attached hydrogen (secondary N) is 1. The molecule has 17 atom stereocenters. The molecule has 0 aromatic carbocycles. The molecule has 0 radical (unpaired) electrons. The molecule has 0 spiro atoms. The molecule has 12 N–H and O–H groups in total. The zero-order chi connectivity index (χ0) is 44.9. The molecule has 0 aromatic rings. The molecule has 1 amide bonds. The monoisotopic (exact) mass is 886 g/mol. The highest BCUT2D eigenvalue weighted by Crippen LogP contribution is 2.33. The van der Waals surface area contributed by atoms with Gasteiger partial charge in [-0.2, -0.15) is 0 Å². The van der Waals surface area contributed by atoms with Crippen molar-refractivity contribution in [3.63, 3.8) is 0 Å². The third kappa shape index (κ3) is 17.3. The Morgan fingerprint density at radius 2 is 0.902 bits per heavy atom. The van der Waals surface area contributed by atoms with Crippen molar-refractivity contribution in [3.05, 3.63) is 0 Å². The van der Waals surface area contributed by atoms with E-state index < -0.39 is 130 Å². The second kappa shape index (κ2) is 29.4. The van der Waals surface area contributed by atoms with Gasteiger partial charge in [0.05, 0.1) is 38.6 Å². The van der Waals surface area contributed by atoms with Gasteiger partial charge in [0.1, 0.15) is 73.2 Å². The van der Waals surface area contributed by atoms with Crippen LogP contribution in [0.4, 0.5) is 0 Å². The van der Waals surface area contributed by atoms with E-state index in [4.69, 9.17) is 28.4 Å². The Kier molecular flexibility index (Phi) is 26.0. The number of hydrogen-bond donors (Lipinski definition) is 12. The van der Waals surface area contributed by atoms with Crippen LogP contribution >= 0.6 is 0 Å². The van der Waals surface area contributed by atoms with Crippen molar-refractivity contribution in [2.75, 3.05) is 26.4 Å². The van der Waals surface area contributed by atoms with E-state index in [1.54, 1.807) is 0 Å². The summed E-state index contributed by atoms with van der Waals surface area (Å²) in [7, 11) is 0. The van der Waals surface area contributed by atoms with Crippen molar-refractivity contribution >= 4 is 5.91 Å². The standard InChI is InChI=1S/C42H79NO18/c1-3-4-5-6-7-8-9-10-11-12-13-14-15-16-17-18-19-20-27(48)26(43-25(2)47)24-56-40-36(54)33(51)38(29(22-45)58-40)61-42-37(55)34(52)39(30(23-46)59-42)60-41-35(53)32(50)31(49)28(21-44)57-41/h26-42,44-46,48-55H,3-24H2,1-2H3,(H,43,47). The molecule has 0 saturated carbocycles. The molecule has 0 bridgehead atoms. The summed E-state index contributed by atoms with van der Waals surface area (Å²) in [5.74, 6) is -0.419. The largest absolute Gasteiger partial charge is 0.394 e. The van der Waals surface area contributed by atoms with Crippen molar-refractivity contribution in [1.29, 1.82) is 0 Å². The third-order valence-corrected chi connectivity index (χ3v) is 12.0. The van der Waals surface area contributed by atoms with Crippen LogP contribution in [0.1, 0.15) is 129 Å². The summed E-state index contributed by atoms with van der Waals surface area (Å²) in [5.41, 5.74) is 0. The Labute approximate surface area is 360 Å². The molecule has 17 unspecified atom stereocenters. The Balaban J connectivity index is 1.42. The average Bonchev–Trinajstić information content (AvgIpc) is 3.24. The fourth-order valence-corrected chi connectivity index (χ4v) is 8.17. The molecule has 61 heavy (non-hydrogen) atoms. The van der Waals surface area contributed by atoms with Gasteiger partial charge in [-0.05, 0) is 6.42 Å². The predicted octanol–water partition coefficient (Wildman–Crippen LogP) is -0.641. The lowest BCUT2D eigenvalue weighted by molar-refractivity contribution is -0.379. The lowest BCUT2D eigenvalue weighted by atomic mass is 9.96. The average molecular weight is 886 g/mol. The summed E-state index contributed by atoms with van der Waals surface area (Å²) in [5, 5.41) is 118. The minimum atomic E-state index is -1.96. The highest BCUT2D eigenvalue weighted by atomic mass is 16.8. The quantitative estimate of drug-likeness (QED) is 0.0399. The minimum absolute atomic E-state index is 0.317. The van der Waals surface area contributed by atoms with Gasteiger partial charge < -0.3 is 89.9 Å². The second-order valence-electron chi connectivity index (χ2n) is 17.0. The second-order valence-corrected chi connectivity index (χ2v) is 17.0. The Hall–Kier alpha value is -1.21. The van der Waals surface area contributed by atoms with Crippen LogP contribution in [0, 0.1) is 0 Å². The van der Waals surface area contributed by atoms with Crippen molar-refractivity contribution in [1.82, 2.24) is 5.32 Å². The van der Waals surface area contributed by atoms with Crippen LogP contribution < -0.4 is 5.32 Å². The van der Waals surface area contributed by atoms with Crippen molar-refractivity contribution in [2.45, 2.75) is 234 Å². The maximum Gasteiger partial charge on any atom is 0.217 e. The molecular weight excluding hydrogens is 806 g/mol. The molecule has 3 saturated heterocycles. The number of carbonyl (C=O) groups is 1. The minimum Gasteiger partial charge on any atom is -0.394 e. The first kappa shape index (κ1) is 54.1. The van der Waals surface area contributed by atoms with Crippen LogP contribution in [0.5, 0.6) is 0 Å². The molecule has 360 valence electrons. The molecule has 3 rings (SSSR count). The first-order valence-electron chi connectivity index (χ1n) is 22.7. The van der Waals surface area contributed by atoms with Crippen LogP contribution in [0.2, 0.25) is 0 Å². The van der Waals surface area contributed by atoms with E-state index >= 15 is 0 Å². The van der Waals surface area contributed by atoms with E-state index in [2.05, 4.69) is 12.2 Å². The van der Waals surface area contributed by atoms with Gasteiger partial charge in [0.2, 0.25) is 5.91 Å². The summed E-state index contributed by atoms with van der Waals surface area (Å²) in [6, 6.07) is -0.881. The van der Waals surface area contributed by atoms with Gasteiger partial charge in [-0.25, -0.2) is 0 Å². The molecule has 19 nitrogen and oxygen atoms in total. The summed E-state index contributed by atoms with van der Waals surface area (Å²) >= 11 is 0. The fourth-order valence-electron chi connectivity index (χ4n) is 8.17. The molecule has 3 aliphatic heterocycles. The van der Waals surface area contributed by atoms with E-state index in [0.29, 0.717) is 6.42 Å². The van der Waals surface area contributed by atoms with Crippen LogP contribution in [-0.4, -0.2) is 193 Å². The smallest absolute Gasteiger partial charge is 0.217 e. The van der Waals surface area contributed by atoms with E-state index in [1.807, 2.05) is 0 Å². The van der Waals surface area contributed by atoms with Crippen LogP contribution in [0.25, 0.3) is 0 Å². The van der Waals surface area contributed by atoms with Gasteiger partial charge in [-0.1, -0.05) is 116 Å². The lowest BCUT2D eigenvalue weighted by Gasteiger charge is -2.48. The van der Waals surface area contributed by atoms with E-state index in [-0.39, 0.29) is 6.61 Å². The number of aliphatic hydroxyl groups is 11. The molecule has 3 aliphatic rings. The maximum atomic E-state index is 12.0. The Morgan fingerprint density at radius 3 is 1.33 bits per heavy atom. The van der Waals surface area contributed by atoms with Crippen LogP contribution in [-0.2, 0) is 33.2 Å². The van der Waals surface area contributed by atoms with Gasteiger partial charge in [0, 0.05) is 6.92 Å². The highest BCUT2D eigenvalue weighted by Gasteiger charge is 2.53. The van der Waals surface area contributed by atoms with Gasteiger partial charge in [-0.15, -0.1) is 0 Å². The first-order valence-corrected chi connectivity index (χ1v) is 22.7.